The average molecular weight is 505 g/mol. The number of carbonyl (C=O) groups excluding carboxylic acids is 2. The van der Waals surface area contributed by atoms with Crippen LogP contribution in [0.5, 0.6) is 0 Å². The molecule has 194 valence electrons. The number of pyridine rings is 1. The van der Waals surface area contributed by atoms with Crippen LogP contribution >= 0.6 is 0 Å². The lowest BCUT2D eigenvalue weighted by atomic mass is 9.79. The second-order valence-electron chi connectivity index (χ2n) is 9.78. The minimum atomic E-state index is -4.54. The maximum atomic E-state index is 12.9. The Balaban J connectivity index is 1.22. The highest BCUT2D eigenvalue weighted by Crippen LogP contribution is 2.36. The van der Waals surface area contributed by atoms with Crippen molar-refractivity contribution in [2.75, 3.05) is 19.6 Å². The SMILES string of the molecule is Cc1ccnc(C2(O)CCC(N[C@H]3CCN(C(=O)CNC(=O)c4cccc(C(F)(F)F)c4)C3)CC2)c1. The monoisotopic (exact) mass is 504 g/mol. The van der Waals surface area contributed by atoms with Crippen molar-refractivity contribution in [2.45, 2.75) is 62.9 Å². The lowest BCUT2D eigenvalue weighted by molar-refractivity contribution is -0.137. The third-order valence-corrected chi connectivity index (χ3v) is 7.07. The number of alkyl halides is 3. The normalized spacial score (nSPS) is 24.5. The third kappa shape index (κ3) is 6.22. The standard InChI is InChI=1S/C26H31F3N4O3/c1-17-7-11-30-22(13-17)25(36)9-5-20(6-10-25)32-21-8-12-33(16-21)23(34)15-31-24(35)18-3-2-4-19(14-18)26(27,28)29/h2-4,7,11,13-14,20-21,32,36H,5-6,8-10,12,15-16H2,1H3,(H,31,35)/t20?,21-,25?/m0/s1. The van der Waals surface area contributed by atoms with Crippen molar-refractivity contribution in [3.05, 3.63) is 65.0 Å². The Morgan fingerprint density at radius 3 is 2.58 bits per heavy atom. The summed E-state index contributed by atoms with van der Waals surface area (Å²) >= 11 is 0. The number of aliphatic hydroxyl groups is 1. The first-order valence-electron chi connectivity index (χ1n) is 12.2. The van der Waals surface area contributed by atoms with Crippen LogP contribution in [0.1, 0.15) is 59.3 Å². The molecule has 4 rings (SSSR count). The van der Waals surface area contributed by atoms with Gasteiger partial charge in [-0.05, 0) is 74.9 Å². The van der Waals surface area contributed by atoms with Crippen molar-refractivity contribution in [3.63, 3.8) is 0 Å². The number of carbonyl (C=O) groups is 2. The van der Waals surface area contributed by atoms with Crippen LogP contribution in [-0.4, -0.2) is 58.5 Å². The van der Waals surface area contributed by atoms with Gasteiger partial charge in [0.15, 0.2) is 0 Å². The molecule has 1 aromatic heterocycles. The summed E-state index contributed by atoms with van der Waals surface area (Å²) < 4.78 is 38.6. The number of halogens is 3. The Morgan fingerprint density at radius 2 is 1.89 bits per heavy atom. The Bertz CT molecular complexity index is 1100. The minimum absolute atomic E-state index is 0.112. The second-order valence-corrected chi connectivity index (χ2v) is 9.78. The maximum Gasteiger partial charge on any atom is 0.416 e. The molecule has 1 saturated carbocycles. The van der Waals surface area contributed by atoms with E-state index < -0.39 is 23.2 Å². The zero-order chi connectivity index (χ0) is 25.9. The average Bonchev–Trinajstić information content (AvgIpc) is 3.32. The number of nitrogens with zero attached hydrogens (tertiary/aromatic N) is 2. The number of hydrogen-bond donors (Lipinski definition) is 3. The van der Waals surface area contributed by atoms with E-state index >= 15 is 0 Å². The fraction of sp³-hybridized carbons (Fsp3) is 0.500. The fourth-order valence-electron chi connectivity index (χ4n) is 4.97. The molecule has 1 atom stereocenters. The summed E-state index contributed by atoms with van der Waals surface area (Å²) in [6, 6.07) is 8.30. The summed E-state index contributed by atoms with van der Waals surface area (Å²) in [4.78, 5) is 30.9. The van der Waals surface area contributed by atoms with Crippen LogP contribution in [0.15, 0.2) is 42.6 Å². The van der Waals surface area contributed by atoms with Gasteiger partial charge in [0, 0.05) is 36.9 Å². The quantitative estimate of drug-likeness (QED) is 0.562. The van der Waals surface area contributed by atoms with Crippen molar-refractivity contribution in [1.29, 1.82) is 0 Å². The zero-order valence-corrected chi connectivity index (χ0v) is 20.1. The predicted molar refractivity (Wildman–Crippen MR) is 127 cm³/mol. The Kier molecular flexibility index (Phi) is 7.65. The van der Waals surface area contributed by atoms with Gasteiger partial charge in [-0.1, -0.05) is 6.07 Å². The highest BCUT2D eigenvalue weighted by atomic mass is 19.4. The molecule has 2 amide bonds. The van der Waals surface area contributed by atoms with Crippen molar-refractivity contribution < 1.29 is 27.9 Å². The lowest BCUT2D eigenvalue weighted by Crippen LogP contribution is -2.46. The number of rotatable bonds is 6. The van der Waals surface area contributed by atoms with Gasteiger partial charge in [-0.2, -0.15) is 13.2 Å². The van der Waals surface area contributed by atoms with Crippen LogP contribution in [0.2, 0.25) is 0 Å². The maximum absolute atomic E-state index is 12.9. The van der Waals surface area contributed by atoms with Crippen LogP contribution in [0.25, 0.3) is 0 Å². The van der Waals surface area contributed by atoms with E-state index in [0.717, 1.165) is 37.0 Å². The molecule has 1 aromatic carbocycles. The van der Waals surface area contributed by atoms with E-state index in [2.05, 4.69) is 15.6 Å². The number of likely N-dealkylation sites (tertiary alicyclic amines) is 1. The Morgan fingerprint density at radius 1 is 1.14 bits per heavy atom. The molecule has 1 aliphatic heterocycles. The summed E-state index contributed by atoms with van der Waals surface area (Å²) in [5.41, 5.74) is -0.191. The van der Waals surface area contributed by atoms with Crippen LogP contribution in [0.3, 0.4) is 0 Å². The first kappa shape index (κ1) is 26.1. The van der Waals surface area contributed by atoms with Gasteiger partial charge in [0.2, 0.25) is 5.91 Å². The summed E-state index contributed by atoms with van der Waals surface area (Å²) in [6.07, 6.45) is 0.758. The number of aryl methyl sites for hydroxylation is 1. The van der Waals surface area contributed by atoms with Gasteiger partial charge >= 0.3 is 6.18 Å². The summed E-state index contributed by atoms with van der Waals surface area (Å²) in [7, 11) is 0. The van der Waals surface area contributed by atoms with Crippen molar-refractivity contribution in [2.24, 2.45) is 0 Å². The fourth-order valence-corrected chi connectivity index (χ4v) is 4.97. The molecule has 2 fully saturated rings. The van der Waals surface area contributed by atoms with Crippen LogP contribution in [-0.2, 0) is 16.6 Å². The number of hydrogen-bond acceptors (Lipinski definition) is 5. The molecule has 1 aliphatic carbocycles. The topological polar surface area (TPSA) is 94.6 Å². The molecule has 10 heteroatoms. The van der Waals surface area contributed by atoms with Crippen LogP contribution < -0.4 is 10.6 Å². The summed E-state index contributed by atoms with van der Waals surface area (Å²) in [5.74, 6) is -0.996. The largest absolute Gasteiger partial charge is 0.416 e. The van der Waals surface area contributed by atoms with Gasteiger partial charge < -0.3 is 20.6 Å². The Hall–Kier alpha value is -2.98. The lowest BCUT2D eigenvalue weighted by Gasteiger charge is -2.37. The molecule has 3 N–H and O–H groups in total. The molecular formula is C26H31F3N4O3. The zero-order valence-electron chi connectivity index (χ0n) is 20.1. The number of nitrogens with one attached hydrogen (secondary N) is 2. The van der Waals surface area contributed by atoms with E-state index in [1.807, 2.05) is 19.1 Å². The van der Waals surface area contributed by atoms with E-state index in [1.165, 1.54) is 12.1 Å². The molecule has 0 bridgehead atoms. The van der Waals surface area contributed by atoms with Crippen molar-refractivity contribution in [3.8, 4) is 0 Å². The van der Waals surface area contributed by atoms with Gasteiger partial charge in [-0.25, -0.2) is 0 Å². The van der Waals surface area contributed by atoms with Crippen molar-refractivity contribution in [1.82, 2.24) is 20.5 Å². The van der Waals surface area contributed by atoms with Crippen molar-refractivity contribution >= 4 is 11.8 Å². The number of benzene rings is 1. The van der Waals surface area contributed by atoms with Gasteiger partial charge in [0.1, 0.15) is 5.60 Å². The molecule has 2 aromatic rings. The molecule has 1 saturated heterocycles. The molecule has 7 nitrogen and oxygen atoms in total. The van der Waals surface area contributed by atoms with Gasteiger partial charge in [0.05, 0.1) is 17.8 Å². The summed E-state index contributed by atoms with van der Waals surface area (Å²) in [5, 5.41) is 17.1. The molecule has 36 heavy (non-hydrogen) atoms. The second kappa shape index (κ2) is 10.6. The van der Waals surface area contributed by atoms with Crippen LogP contribution in [0, 0.1) is 6.92 Å². The van der Waals surface area contributed by atoms with Gasteiger partial charge in [0.25, 0.3) is 5.91 Å². The predicted octanol–water partition coefficient (Wildman–Crippen LogP) is 3.16. The Labute approximate surface area is 208 Å². The molecular weight excluding hydrogens is 473 g/mol. The third-order valence-electron chi connectivity index (χ3n) is 7.07. The van der Waals surface area contributed by atoms with E-state index in [-0.39, 0.29) is 30.1 Å². The molecule has 0 spiro atoms. The van der Waals surface area contributed by atoms with E-state index in [9.17, 15) is 27.9 Å². The molecule has 2 aliphatic rings. The van der Waals surface area contributed by atoms with Crippen LogP contribution in [0.4, 0.5) is 13.2 Å². The highest BCUT2D eigenvalue weighted by molar-refractivity contribution is 5.96. The molecule has 0 unspecified atom stereocenters. The van der Waals surface area contributed by atoms with E-state index in [0.29, 0.717) is 31.6 Å². The number of aromatic nitrogens is 1. The smallest absolute Gasteiger partial charge is 0.384 e. The summed E-state index contributed by atoms with van der Waals surface area (Å²) in [6.45, 7) is 2.74. The van der Waals surface area contributed by atoms with E-state index in [1.54, 1.807) is 11.1 Å². The highest BCUT2D eigenvalue weighted by Gasteiger charge is 2.37. The van der Waals surface area contributed by atoms with Gasteiger partial charge in [-0.15, -0.1) is 0 Å². The first-order chi connectivity index (χ1) is 17.0. The molecule has 2 heterocycles. The number of amides is 2. The van der Waals surface area contributed by atoms with E-state index in [4.69, 9.17) is 0 Å². The first-order valence-corrected chi connectivity index (χ1v) is 12.2. The molecule has 0 radical (unpaired) electrons. The van der Waals surface area contributed by atoms with Gasteiger partial charge in [-0.3, -0.25) is 14.6 Å². The minimum Gasteiger partial charge on any atom is -0.384 e.